The summed E-state index contributed by atoms with van der Waals surface area (Å²) in [5.41, 5.74) is 0.370. The lowest BCUT2D eigenvalue weighted by molar-refractivity contribution is -0.114. The third kappa shape index (κ3) is 3.09. The molecule has 2 aromatic carbocycles. The monoisotopic (exact) mass is 358 g/mol. The molecule has 0 bridgehead atoms. The van der Waals surface area contributed by atoms with E-state index >= 15 is 0 Å². The third-order valence-electron chi connectivity index (χ3n) is 3.44. The first-order valence-electron chi connectivity index (χ1n) is 7.15. The first-order valence-corrected chi connectivity index (χ1v) is 7.53. The molecule has 1 heterocycles. The van der Waals surface area contributed by atoms with E-state index in [9.17, 15) is 19.2 Å². The Kier molecular flexibility index (Phi) is 4.24. The SMILES string of the molecule is CC(=O)Nc1cc(Cl)ccc1C(=O)ON1C(=O)c2ccccc2C1=O. The number of nitrogens with zero attached hydrogens (tertiary/aromatic N) is 1. The zero-order valence-corrected chi connectivity index (χ0v) is 13.7. The molecule has 1 aliphatic heterocycles. The minimum atomic E-state index is -0.977. The van der Waals surface area contributed by atoms with Crippen LogP contribution in [-0.2, 0) is 9.63 Å². The largest absolute Gasteiger partial charge is 0.366 e. The first-order chi connectivity index (χ1) is 11.9. The molecule has 0 unspecified atom stereocenters. The van der Waals surface area contributed by atoms with Crippen LogP contribution in [-0.4, -0.2) is 28.8 Å². The van der Waals surface area contributed by atoms with Gasteiger partial charge < -0.3 is 10.2 Å². The Morgan fingerprint density at radius 3 is 2.20 bits per heavy atom. The number of carbonyl (C=O) groups is 4. The number of imide groups is 1. The molecule has 126 valence electrons. The van der Waals surface area contributed by atoms with Crippen LogP contribution in [0.2, 0.25) is 5.02 Å². The summed E-state index contributed by atoms with van der Waals surface area (Å²) < 4.78 is 0. The van der Waals surface area contributed by atoms with Crippen LogP contribution in [0.4, 0.5) is 5.69 Å². The summed E-state index contributed by atoms with van der Waals surface area (Å²) in [5.74, 6) is -2.86. The molecule has 0 saturated heterocycles. The lowest BCUT2D eigenvalue weighted by atomic mass is 10.1. The zero-order valence-electron chi connectivity index (χ0n) is 12.9. The average molecular weight is 359 g/mol. The molecule has 0 aliphatic carbocycles. The van der Waals surface area contributed by atoms with Crippen LogP contribution in [0, 0.1) is 0 Å². The topological polar surface area (TPSA) is 92.8 Å². The predicted octanol–water partition coefficient (Wildman–Crippen LogP) is 2.67. The van der Waals surface area contributed by atoms with Crippen LogP contribution in [0.5, 0.6) is 0 Å². The van der Waals surface area contributed by atoms with Crippen LogP contribution in [0.1, 0.15) is 38.0 Å². The van der Waals surface area contributed by atoms with Gasteiger partial charge in [-0.15, -0.1) is 0 Å². The normalized spacial score (nSPS) is 12.8. The maximum absolute atomic E-state index is 12.4. The fourth-order valence-electron chi connectivity index (χ4n) is 2.37. The number of carbonyl (C=O) groups excluding carboxylic acids is 4. The van der Waals surface area contributed by atoms with Crippen molar-refractivity contribution < 1.29 is 24.0 Å². The summed E-state index contributed by atoms with van der Waals surface area (Å²) in [6, 6.07) is 10.2. The second kappa shape index (κ2) is 6.37. The van der Waals surface area contributed by atoms with E-state index in [1.54, 1.807) is 12.1 Å². The highest BCUT2D eigenvalue weighted by Crippen LogP contribution is 2.26. The van der Waals surface area contributed by atoms with Gasteiger partial charge >= 0.3 is 5.97 Å². The molecule has 25 heavy (non-hydrogen) atoms. The van der Waals surface area contributed by atoms with Gasteiger partial charge in [0, 0.05) is 11.9 Å². The van der Waals surface area contributed by atoms with Gasteiger partial charge in [0.05, 0.1) is 22.4 Å². The van der Waals surface area contributed by atoms with E-state index in [0.717, 1.165) is 0 Å². The van der Waals surface area contributed by atoms with Crippen molar-refractivity contribution in [2.24, 2.45) is 0 Å². The van der Waals surface area contributed by atoms with Crippen LogP contribution < -0.4 is 5.32 Å². The molecule has 8 heteroatoms. The average Bonchev–Trinajstić information content (AvgIpc) is 2.80. The van der Waals surface area contributed by atoms with E-state index < -0.39 is 23.7 Å². The van der Waals surface area contributed by atoms with Crippen molar-refractivity contribution in [2.45, 2.75) is 6.92 Å². The number of amides is 3. The Hall–Kier alpha value is -3.19. The molecule has 0 radical (unpaired) electrons. The number of hydrogen-bond acceptors (Lipinski definition) is 5. The zero-order chi connectivity index (χ0) is 18.1. The Balaban J connectivity index is 1.88. The molecule has 7 nitrogen and oxygen atoms in total. The van der Waals surface area contributed by atoms with Gasteiger partial charge in [-0.25, -0.2) is 4.79 Å². The highest BCUT2D eigenvalue weighted by molar-refractivity contribution is 6.31. The van der Waals surface area contributed by atoms with Gasteiger partial charge in [0.25, 0.3) is 11.8 Å². The summed E-state index contributed by atoms with van der Waals surface area (Å²) in [6.45, 7) is 1.26. The molecule has 0 atom stereocenters. The van der Waals surface area contributed by atoms with Gasteiger partial charge in [-0.2, -0.15) is 0 Å². The van der Waals surface area contributed by atoms with Gasteiger partial charge in [0.1, 0.15) is 0 Å². The van der Waals surface area contributed by atoms with E-state index in [-0.39, 0.29) is 22.4 Å². The summed E-state index contributed by atoms with van der Waals surface area (Å²) in [5, 5.41) is 3.14. The second-order valence-electron chi connectivity index (χ2n) is 5.20. The molecule has 0 spiro atoms. The quantitative estimate of drug-likeness (QED) is 0.851. The first kappa shape index (κ1) is 16.7. The minimum absolute atomic E-state index is 0.0452. The molecular formula is C17H11ClN2O5. The molecule has 3 amide bonds. The Bertz CT molecular complexity index is 890. The lowest BCUT2D eigenvalue weighted by Crippen LogP contribution is -2.33. The van der Waals surface area contributed by atoms with Crippen molar-refractivity contribution in [1.29, 1.82) is 0 Å². The molecule has 1 aliphatic rings. The summed E-state index contributed by atoms with van der Waals surface area (Å²) in [4.78, 5) is 53.1. The highest BCUT2D eigenvalue weighted by atomic mass is 35.5. The molecule has 0 fully saturated rings. The Labute approximate surface area is 147 Å². The van der Waals surface area contributed by atoms with Gasteiger partial charge in [-0.3, -0.25) is 14.4 Å². The Morgan fingerprint density at radius 1 is 1.04 bits per heavy atom. The number of nitrogens with one attached hydrogen (secondary N) is 1. The van der Waals surface area contributed by atoms with Gasteiger partial charge in [0.15, 0.2) is 0 Å². The standard InChI is InChI=1S/C17H11ClN2O5/c1-9(21)19-14-8-10(18)6-7-13(14)17(24)25-20-15(22)11-4-2-3-5-12(11)16(20)23/h2-8H,1H3,(H,19,21). The Morgan fingerprint density at radius 2 is 1.64 bits per heavy atom. The fourth-order valence-corrected chi connectivity index (χ4v) is 2.54. The van der Waals surface area contributed by atoms with E-state index in [4.69, 9.17) is 16.4 Å². The van der Waals surface area contributed by atoms with E-state index in [0.29, 0.717) is 10.1 Å². The molecule has 3 rings (SSSR count). The van der Waals surface area contributed by atoms with Crippen molar-refractivity contribution >= 4 is 41.0 Å². The van der Waals surface area contributed by atoms with Crippen molar-refractivity contribution in [2.75, 3.05) is 5.32 Å². The number of hydroxylamine groups is 2. The maximum atomic E-state index is 12.4. The highest BCUT2D eigenvalue weighted by Gasteiger charge is 2.39. The van der Waals surface area contributed by atoms with Crippen molar-refractivity contribution in [1.82, 2.24) is 5.06 Å². The second-order valence-corrected chi connectivity index (χ2v) is 5.64. The maximum Gasteiger partial charge on any atom is 0.366 e. The van der Waals surface area contributed by atoms with Crippen molar-refractivity contribution in [3.63, 3.8) is 0 Å². The van der Waals surface area contributed by atoms with Gasteiger partial charge in [0.2, 0.25) is 5.91 Å². The predicted molar refractivity (Wildman–Crippen MR) is 88.1 cm³/mol. The fraction of sp³-hybridized carbons (Fsp3) is 0.0588. The van der Waals surface area contributed by atoms with Crippen LogP contribution >= 0.6 is 11.6 Å². The molecule has 0 saturated carbocycles. The molecular weight excluding hydrogens is 348 g/mol. The number of fused-ring (bicyclic) bond motifs is 1. The van der Waals surface area contributed by atoms with Crippen LogP contribution in [0.25, 0.3) is 0 Å². The van der Waals surface area contributed by atoms with Crippen LogP contribution in [0.3, 0.4) is 0 Å². The van der Waals surface area contributed by atoms with Gasteiger partial charge in [-0.1, -0.05) is 28.8 Å². The van der Waals surface area contributed by atoms with E-state index in [1.807, 2.05) is 0 Å². The van der Waals surface area contributed by atoms with Crippen molar-refractivity contribution in [3.8, 4) is 0 Å². The summed E-state index contributed by atoms with van der Waals surface area (Å²) in [7, 11) is 0. The van der Waals surface area contributed by atoms with Gasteiger partial charge in [-0.05, 0) is 30.3 Å². The number of benzene rings is 2. The third-order valence-corrected chi connectivity index (χ3v) is 3.68. The smallest absolute Gasteiger partial charge is 0.325 e. The summed E-state index contributed by atoms with van der Waals surface area (Å²) in [6.07, 6.45) is 0. The number of hydrogen-bond donors (Lipinski definition) is 1. The number of halogens is 1. The molecule has 2 aromatic rings. The number of anilines is 1. The molecule has 0 aromatic heterocycles. The van der Waals surface area contributed by atoms with E-state index in [2.05, 4.69) is 5.32 Å². The lowest BCUT2D eigenvalue weighted by Gasteiger charge is -2.14. The van der Waals surface area contributed by atoms with Crippen LogP contribution in [0.15, 0.2) is 42.5 Å². The van der Waals surface area contributed by atoms with Crippen molar-refractivity contribution in [3.05, 3.63) is 64.2 Å². The molecule has 1 N–H and O–H groups in total. The van der Waals surface area contributed by atoms with E-state index in [1.165, 1.54) is 37.3 Å². The number of rotatable bonds is 3. The minimum Gasteiger partial charge on any atom is -0.325 e. The summed E-state index contributed by atoms with van der Waals surface area (Å²) >= 11 is 5.86.